The summed E-state index contributed by atoms with van der Waals surface area (Å²) in [5, 5.41) is 0.371. The molecule has 0 amide bonds. The number of alkyl halides is 3. The maximum Gasteiger partial charge on any atom is 0.416 e. The minimum atomic E-state index is -4.40. The fraction of sp³-hybridized carbons (Fsp3) is 0.391. The largest absolute Gasteiger partial charge is 0.493 e. The highest BCUT2D eigenvalue weighted by Crippen LogP contribution is 2.37. The highest BCUT2D eigenvalue weighted by molar-refractivity contribution is 5.81. The molecule has 1 unspecified atom stereocenters. The van der Waals surface area contributed by atoms with E-state index in [9.17, 15) is 18.0 Å². The van der Waals surface area contributed by atoms with Gasteiger partial charge in [0.25, 0.3) is 5.56 Å². The molecule has 4 rings (SSSR count). The van der Waals surface area contributed by atoms with Crippen LogP contribution in [0.15, 0.2) is 41.2 Å². The summed E-state index contributed by atoms with van der Waals surface area (Å²) in [6, 6.07) is 8.55. The monoisotopic (exact) mass is 447 g/mol. The minimum absolute atomic E-state index is 0.228. The molecule has 2 aromatic carbocycles. The van der Waals surface area contributed by atoms with E-state index in [1.807, 2.05) is 6.92 Å². The molecule has 0 saturated heterocycles. The van der Waals surface area contributed by atoms with Crippen LogP contribution < -0.4 is 15.0 Å². The van der Waals surface area contributed by atoms with Crippen molar-refractivity contribution in [3.63, 3.8) is 0 Å². The van der Waals surface area contributed by atoms with Crippen molar-refractivity contribution in [2.75, 3.05) is 14.2 Å². The van der Waals surface area contributed by atoms with Crippen molar-refractivity contribution in [1.82, 2.24) is 14.9 Å². The van der Waals surface area contributed by atoms with Crippen molar-refractivity contribution in [2.24, 2.45) is 0 Å². The number of halogens is 3. The summed E-state index contributed by atoms with van der Waals surface area (Å²) in [7, 11) is 2.99. The lowest BCUT2D eigenvalue weighted by Crippen LogP contribution is -2.31. The van der Waals surface area contributed by atoms with Gasteiger partial charge in [0.2, 0.25) is 0 Å². The number of fused-ring (bicyclic) bond motifs is 1. The first-order valence-electron chi connectivity index (χ1n) is 10.3. The van der Waals surface area contributed by atoms with Gasteiger partial charge in [0.1, 0.15) is 5.82 Å². The Morgan fingerprint density at radius 1 is 1.16 bits per heavy atom. The number of ether oxygens (including phenoxy) is 2. The molecule has 1 saturated carbocycles. The van der Waals surface area contributed by atoms with E-state index in [0.717, 1.165) is 18.9 Å². The van der Waals surface area contributed by atoms with Gasteiger partial charge < -0.3 is 14.5 Å². The summed E-state index contributed by atoms with van der Waals surface area (Å²) in [6.07, 6.45) is -2.50. The zero-order valence-corrected chi connectivity index (χ0v) is 18.0. The summed E-state index contributed by atoms with van der Waals surface area (Å²) >= 11 is 0. The zero-order chi connectivity index (χ0) is 23.0. The third-order valence-corrected chi connectivity index (χ3v) is 5.80. The first kappa shape index (κ1) is 22.1. The molecule has 1 aromatic heterocycles. The van der Waals surface area contributed by atoms with Crippen LogP contribution in [0.2, 0.25) is 0 Å². The molecule has 170 valence electrons. The van der Waals surface area contributed by atoms with E-state index in [2.05, 4.69) is 14.9 Å². The second kappa shape index (κ2) is 8.46. The van der Waals surface area contributed by atoms with Gasteiger partial charge in [0, 0.05) is 18.2 Å². The van der Waals surface area contributed by atoms with Gasteiger partial charge in [-0.3, -0.25) is 9.69 Å². The van der Waals surface area contributed by atoms with E-state index < -0.39 is 11.7 Å². The van der Waals surface area contributed by atoms with Crippen molar-refractivity contribution in [3.8, 4) is 11.5 Å². The molecular weight excluding hydrogens is 423 g/mol. The number of hydrogen-bond acceptors (Lipinski definition) is 5. The Kier molecular flexibility index (Phi) is 5.85. The number of aromatic amines is 1. The molecule has 1 aliphatic carbocycles. The molecule has 1 aliphatic rings. The van der Waals surface area contributed by atoms with Gasteiger partial charge in [-0.25, -0.2) is 4.98 Å². The third kappa shape index (κ3) is 4.43. The molecule has 1 atom stereocenters. The molecule has 0 radical (unpaired) electrons. The summed E-state index contributed by atoms with van der Waals surface area (Å²) in [4.78, 5) is 22.2. The lowest BCUT2D eigenvalue weighted by atomic mass is 10.0. The lowest BCUT2D eigenvalue weighted by molar-refractivity contribution is -0.137. The van der Waals surface area contributed by atoms with Crippen molar-refractivity contribution in [3.05, 3.63) is 63.7 Å². The van der Waals surface area contributed by atoms with Crippen LogP contribution in [0.1, 0.15) is 42.8 Å². The number of nitrogens with zero attached hydrogens (tertiary/aromatic N) is 2. The van der Waals surface area contributed by atoms with Crippen LogP contribution >= 0.6 is 0 Å². The van der Waals surface area contributed by atoms with Crippen LogP contribution in [0.4, 0.5) is 13.2 Å². The van der Waals surface area contributed by atoms with Gasteiger partial charge in [-0.15, -0.1) is 0 Å². The Balaban J connectivity index is 1.67. The highest BCUT2D eigenvalue weighted by Gasteiger charge is 2.35. The van der Waals surface area contributed by atoms with E-state index >= 15 is 0 Å². The average Bonchev–Trinajstić information content (AvgIpc) is 3.61. The van der Waals surface area contributed by atoms with Gasteiger partial charge in [0.15, 0.2) is 11.5 Å². The van der Waals surface area contributed by atoms with E-state index in [1.165, 1.54) is 26.4 Å². The van der Waals surface area contributed by atoms with Crippen LogP contribution in [0, 0.1) is 0 Å². The highest BCUT2D eigenvalue weighted by atomic mass is 19.4. The predicted molar refractivity (Wildman–Crippen MR) is 114 cm³/mol. The predicted octanol–water partition coefficient (Wildman–Crippen LogP) is 4.68. The molecule has 0 spiro atoms. The van der Waals surface area contributed by atoms with Crippen LogP contribution in [0.25, 0.3) is 10.9 Å². The third-order valence-electron chi connectivity index (χ3n) is 5.80. The number of nitrogens with one attached hydrogen (secondary N) is 1. The summed E-state index contributed by atoms with van der Waals surface area (Å²) in [5.74, 6) is 1.33. The number of aromatic nitrogens is 2. The number of hydrogen-bond donors (Lipinski definition) is 1. The van der Waals surface area contributed by atoms with E-state index in [0.29, 0.717) is 40.3 Å². The van der Waals surface area contributed by atoms with Gasteiger partial charge in [-0.05, 0) is 43.5 Å². The zero-order valence-electron chi connectivity index (χ0n) is 18.0. The van der Waals surface area contributed by atoms with Gasteiger partial charge in [-0.1, -0.05) is 12.1 Å². The maximum atomic E-state index is 13.2. The normalized spacial score (nSPS) is 15.2. The van der Waals surface area contributed by atoms with E-state index in [-0.39, 0.29) is 17.6 Å². The number of benzene rings is 2. The van der Waals surface area contributed by atoms with E-state index in [1.54, 1.807) is 18.2 Å². The second-order valence-electron chi connectivity index (χ2n) is 7.94. The number of rotatable bonds is 7. The van der Waals surface area contributed by atoms with Crippen molar-refractivity contribution < 1.29 is 22.6 Å². The Bertz CT molecular complexity index is 1190. The van der Waals surface area contributed by atoms with Gasteiger partial charge in [0.05, 0.1) is 37.2 Å². The fourth-order valence-corrected chi connectivity index (χ4v) is 3.92. The Labute approximate surface area is 183 Å². The molecule has 6 nitrogen and oxygen atoms in total. The number of methoxy groups -OCH3 is 2. The summed E-state index contributed by atoms with van der Waals surface area (Å²) in [5.41, 5.74) is 0.0504. The van der Waals surface area contributed by atoms with Crippen molar-refractivity contribution in [1.29, 1.82) is 0 Å². The van der Waals surface area contributed by atoms with E-state index in [4.69, 9.17) is 9.47 Å². The molecule has 0 aliphatic heterocycles. The summed E-state index contributed by atoms with van der Waals surface area (Å²) < 4.78 is 50.1. The molecular formula is C23H24F3N3O3. The average molecular weight is 447 g/mol. The molecule has 0 bridgehead atoms. The standard InChI is InChI=1S/C23H24F3N3O3/c1-13(14-5-4-6-15(9-14)23(24,25)26)29(16-7-8-16)12-21-27-18-11-20(32-3)19(31-2)10-17(18)22(30)28-21/h4-6,9-11,13,16H,7-8,12H2,1-3H3,(H,27,28,30). The Morgan fingerprint density at radius 3 is 2.47 bits per heavy atom. The summed E-state index contributed by atoms with van der Waals surface area (Å²) in [6.45, 7) is 2.18. The smallest absolute Gasteiger partial charge is 0.416 e. The second-order valence-corrected chi connectivity index (χ2v) is 7.94. The van der Waals surface area contributed by atoms with Gasteiger partial charge in [-0.2, -0.15) is 13.2 Å². The maximum absolute atomic E-state index is 13.2. The fourth-order valence-electron chi connectivity index (χ4n) is 3.92. The van der Waals surface area contributed by atoms with Crippen LogP contribution in [0.3, 0.4) is 0 Å². The molecule has 9 heteroatoms. The van der Waals surface area contributed by atoms with Crippen molar-refractivity contribution >= 4 is 10.9 Å². The minimum Gasteiger partial charge on any atom is -0.493 e. The molecule has 1 heterocycles. The topological polar surface area (TPSA) is 67.5 Å². The van der Waals surface area contributed by atoms with Crippen molar-refractivity contribution in [2.45, 2.75) is 44.6 Å². The Hall–Kier alpha value is -3.07. The molecule has 1 N–H and O–H groups in total. The first-order valence-corrected chi connectivity index (χ1v) is 10.3. The molecule has 32 heavy (non-hydrogen) atoms. The molecule has 1 fully saturated rings. The van der Waals surface area contributed by atoms with Crippen LogP contribution in [0.5, 0.6) is 11.5 Å². The van der Waals surface area contributed by atoms with Crippen LogP contribution in [-0.4, -0.2) is 35.1 Å². The first-order chi connectivity index (χ1) is 15.2. The van der Waals surface area contributed by atoms with Crippen LogP contribution in [-0.2, 0) is 12.7 Å². The SMILES string of the molecule is COc1cc2nc(CN(C3CC3)C(C)c3cccc(C(F)(F)F)c3)[nH]c(=O)c2cc1OC. The number of H-pyrrole nitrogens is 1. The quantitative estimate of drug-likeness (QED) is 0.570. The van der Waals surface area contributed by atoms with Gasteiger partial charge >= 0.3 is 6.18 Å². The Morgan fingerprint density at radius 2 is 1.84 bits per heavy atom. The lowest BCUT2D eigenvalue weighted by Gasteiger charge is -2.29. The molecule has 3 aromatic rings.